The number of nitrogens with zero attached hydrogens (tertiary/aromatic N) is 2. The van der Waals surface area contributed by atoms with E-state index in [2.05, 4.69) is 17.3 Å². The molecule has 0 spiro atoms. The van der Waals surface area contributed by atoms with Crippen molar-refractivity contribution in [2.75, 3.05) is 18.5 Å². The van der Waals surface area contributed by atoms with Crippen molar-refractivity contribution in [3.05, 3.63) is 81.3 Å². The minimum atomic E-state index is -0.715. The van der Waals surface area contributed by atoms with Crippen LogP contribution in [0.25, 0.3) is 16.5 Å². The molecule has 2 heterocycles. The van der Waals surface area contributed by atoms with Crippen molar-refractivity contribution >= 4 is 39.0 Å². The number of benzene rings is 2. The van der Waals surface area contributed by atoms with E-state index in [1.165, 1.54) is 24.3 Å². The first-order valence-electron chi connectivity index (χ1n) is 11.4. The van der Waals surface area contributed by atoms with Gasteiger partial charge in [-0.25, -0.2) is 9.18 Å². The summed E-state index contributed by atoms with van der Waals surface area (Å²) in [6.45, 7) is 4.44. The number of rotatable bonds is 9. The number of esters is 1. The summed E-state index contributed by atoms with van der Waals surface area (Å²) in [5.41, 5.74) is -0.0177. The zero-order valence-electron chi connectivity index (χ0n) is 19.7. The number of fused-ring (bicyclic) bond motifs is 1. The van der Waals surface area contributed by atoms with Crippen LogP contribution in [0.4, 0.5) is 9.39 Å². The molecule has 2 aromatic heterocycles. The van der Waals surface area contributed by atoms with Crippen molar-refractivity contribution < 1.29 is 23.5 Å². The van der Waals surface area contributed by atoms with Gasteiger partial charge in [0.25, 0.3) is 11.5 Å². The normalized spacial score (nSPS) is 10.9. The van der Waals surface area contributed by atoms with Gasteiger partial charge in [-0.05, 0) is 61.9 Å². The molecule has 0 fully saturated rings. The first kappa shape index (κ1) is 25.1. The number of unbranched alkanes of at least 4 members (excludes halogenated alkanes) is 1. The van der Waals surface area contributed by atoms with Crippen molar-refractivity contribution in [1.82, 2.24) is 9.78 Å². The molecule has 0 atom stereocenters. The smallest absolute Gasteiger partial charge is 0.359 e. The summed E-state index contributed by atoms with van der Waals surface area (Å²) in [7, 11) is 0. The minimum Gasteiger partial charge on any atom is -0.494 e. The number of hydrogen-bond donors (Lipinski definition) is 1. The average molecular weight is 510 g/mol. The van der Waals surface area contributed by atoms with Crippen molar-refractivity contribution in [1.29, 1.82) is 0 Å². The Morgan fingerprint density at radius 2 is 1.81 bits per heavy atom. The quantitative estimate of drug-likeness (QED) is 0.246. The predicted molar refractivity (Wildman–Crippen MR) is 136 cm³/mol. The Labute approximate surface area is 210 Å². The number of aromatic nitrogens is 2. The van der Waals surface area contributed by atoms with E-state index < -0.39 is 23.3 Å². The molecule has 0 saturated heterocycles. The van der Waals surface area contributed by atoms with Crippen LogP contribution in [0, 0.1) is 5.82 Å². The van der Waals surface area contributed by atoms with Crippen LogP contribution in [0.2, 0.25) is 0 Å². The number of hydrogen-bond acceptors (Lipinski definition) is 7. The molecule has 36 heavy (non-hydrogen) atoms. The Morgan fingerprint density at radius 1 is 1.08 bits per heavy atom. The number of halogens is 1. The number of amides is 1. The molecule has 0 aliphatic carbocycles. The first-order valence-corrected chi connectivity index (χ1v) is 12.3. The van der Waals surface area contributed by atoms with Crippen LogP contribution >= 0.6 is 11.3 Å². The van der Waals surface area contributed by atoms with Gasteiger partial charge >= 0.3 is 5.97 Å². The molecule has 0 aliphatic heterocycles. The van der Waals surface area contributed by atoms with Gasteiger partial charge in [-0.15, -0.1) is 11.3 Å². The molecule has 10 heteroatoms. The summed E-state index contributed by atoms with van der Waals surface area (Å²) < 4.78 is 25.2. The average Bonchev–Trinajstić information content (AvgIpc) is 3.29. The number of carbonyl (C=O) groups excluding carboxylic acids is 2. The number of anilines is 1. The van der Waals surface area contributed by atoms with E-state index in [0.717, 1.165) is 28.9 Å². The Hall–Kier alpha value is -4.05. The Bertz CT molecular complexity index is 1450. The lowest BCUT2D eigenvalue weighted by molar-refractivity contribution is 0.0520. The molecule has 4 rings (SSSR count). The Morgan fingerprint density at radius 3 is 2.47 bits per heavy atom. The molecule has 0 radical (unpaired) electrons. The van der Waals surface area contributed by atoms with Crippen LogP contribution in [0.15, 0.2) is 58.7 Å². The van der Waals surface area contributed by atoms with Crippen molar-refractivity contribution in [2.24, 2.45) is 0 Å². The second kappa shape index (κ2) is 11.1. The van der Waals surface area contributed by atoms with Gasteiger partial charge in [0.15, 0.2) is 5.69 Å². The summed E-state index contributed by atoms with van der Waals surface area (Å²) in [4.78, 5) is 39.0. The monoisotopic (exact) mass is 509 g/mol. The largest absolute Gasteiger partial charge is 0.494 e. The second-order valence-electron chi connectivity index (χ2n) is 7.80. The number of ether oxygens (including phenoxy) is 2. The Balaban J connectivity index is 1.71. The van der Waals surface area contributed by atoms with Crippen molar-refractivity contribution in [3.63, 3.8) is 0 Å². The SMILES string of the molecule is CCCCOc1ccc(C(=O)Nc2scc3c(C(=O)OCC)nn(-c4ccc(F)cc4)c(=O)c23)cc1. The van der Waals surface area contributed by atoms with E-state index in [1.807, 2.05) is 0 Å². The summed E-state index contributed by atoms with van der Waals surface area (Å²) in [6, 6.07) is 11.8. The highest BCUT2D eigenvalue weighted by Gasteiger charge is 2.23. The standard InChI is InChI=1S/C26H24FN3O5S/c1-3-5-14-35-19-12-6-16(7-13-19)23(31)28-24-21-20(15-36-24)22(26(33)34-4-2)29-30(25(21)32)18-10-8-17(27)9-11-18/h6-13,15H,3-5,14H2,1-2H3,(H,28,31). The van der Waals surface area contributed by atoms with Gasteiger partial charge in [0.05, 0.1) is 24.3 Å². The maximum Gasteiger partial charge on any atom is 0.359 e. The van der Waals surface area contributed by atoms with Gasteiger partial charge in [-0.3, -0.25) is 9.59 Å². The summed E-state index contributed by atoms with van der Waals surface area (Å²) >= 11 is 1.09. The summed E-state index contributed by atoms with van der Waals surface area (Å²) in [6.07, 6.45) is 1.96. The molecule has 4 aromatic rings. The molecule has 0 aliphatic rings. The molecule has 0 saturated carbocycles. The summed E-state index contributed by atoms with van der Waals surface area (Å²) in [5, 5.41) is 9.16. The van der Waals surface area contributed by atoms with Gasteiger partial charge in [-0.1, -0.05) is 13.3 Å². The molecule has 0 bridgehead atoms. The fourth-order valence-electron chi connectivity index (χ4n) is 3.46. The van der Waals surface area contributed by atoms with Crippen molar-refractivity contribution in [3.8, 4) is 11.4 Å². The zero-order valence-corrected chi connectivity index (χ0v) is 20.6. The van der Waals surface area contributed by atoms with E-state index in [9.17, 15) is 18.8 Å². The second-order valence-corrected chi connectivity index (χ2v) is 8.68. The van der Waals surface area contributed by atoms with Crippen LogP contribution in [0.3, 0.4) is 0 Å². The first-order chi connectivity index (χ1) is 17.4. The molecule has 1 N–H and O–H groups in total. The molecule has 186 valence electrons. The highest BCUT2D eigenvalue weighted by molar-refractivity contribution is 7.16. The lowest BCUT2D eigenvalue weighted by Crippen LogP contribution is -2.25. The fourth-order valence-corrected chi connectivity index (χ4v) is 4.39. The number of thiophene rings is 1. The third-order valence-corrected chi connectivity index (χ3v) is 6.20. The predicted octanol–water partition coefficient (Wildman–Crippen LogP) is 5.19. The van der Waals surface area contributed by atoms with Crippen molar-refractivity contribution in [2.45, 2.75) is 26.7 Å². The maximum atomic E-state index is 13.4. The van der Waals surface area contributed by atoms with Gasteiger partial charge in [0.2, 0.25) is 0 Å². The van der Waals surface area contributed by atoms with E-state index in [1.54, 1.807) is 36.6 Å². The zero-order chi connectivity index (χ0) is 25.7. The van der Waals surface area contributed by atoms with E-state index in [4.69, 9.17) is 9.47 Å². The number of nitrogens with one attached hydrogen (secondary N) is 1. The van der Waals surface area contributed by atoms with E-state index in [0.29, 0.717) is 17.9 Å². The van der Waals surface area contributed by atoms with Crippen LogP contribution in [-0.4, -0.2) is 34.9 Å². The lowest BCUT2D eigenvalue weighted by Gasteiger charge is -2.10. The molecule has 2 aromatic carbocycles. The summed E-state index contributed by atoms with van der Waals surface area (Å²) in [5.74, 6) is -0.966. The highest BCUT2D eigenvalue weighted by atomic mass is 32.1. The van der Waals surface area contributed by atoms with E-state index >= 15 is 0 Å². The topological polar surface area (TPSA) is 99.5 Å². The van der Waals surface area contributed by atoms with Crippen LogP contribution in [0.1, 0.15) is 47.5 Å². The van der Waals surface area contributed by atoms with Crippen LogP contribution < -0.4 is 15.6 Å². The maximum absolute atomic E-state index is 13.4. The fraction of sp³-hybridized carbons (Fsp3) is 0.231. The van der Waals surface area contributed by atoms with Gasteiger partial charge < -0.3 is 14.8 Å². The highest BCUT2D eigenvalue weighted by Crippen LogP contribution is 2.31. The van der Waals surface area contributed by atoms with Crippen LogP contribution in [0.5, 0.6) is 5.75 Å². The molecular formula is C26H24FN3O5S. The van der Waals surface area contributed by atoms with E-state index in [-0.39, 0.29) is 33.8 Å². The third-order valence-electron chi connectivity index (χ3n) is 5.30. The minimum absolute atomic E-state index is 0.0823. The van der Waals surface area contributed by atoms with Gasteiger partial charge in [-0.2, -0.15) is 9.78 Å². The van der Waals surface area contributed by atoms with Gasteiger partial charge in [0.1, 0.15) is 16.6 Å². The lowest BCUT2D eigenvalue weighted by atomic mass is 10.2. The third kappa shape index (κ3) is 5.28. The molecule has 8 nitrogen and oxygen atoms in total. The molecular weight excluding hydrogens is 485 g/mol. The van der Waals surface area contributed by atoms with Gasteiger partial charge in [0, 0.05) is 16.3 Å². The number of carbonyl (C=O) groups is 2. The molecule has 1 amide bonds. The Kier molecular flexibility index (Phi) is 7.74. The van der Waals surface area contributed by atoms with Crippen LogP contribution in [-0.2, 0) is 4.74 Å². The molecule has 0 unspecified atom stereocenters.